The molecule has 0 aliphatic carbocycles. The fourth-order valence-electron chi connectivity index (χ4n) is 1.34. The monoisotopic (exact) mass is 202 g/mol. The van der Waals surface area contributed by atoms with Crippen molar-refractivity contribution in [3.05, 3.63) is 41.7 Å². The third kappa shape index (κ3) is 2.34. The summed E-state index contributed by atoms with van der Waals surface area (Å²) in [6, 6.07) is 8.31. The SMILES string of the molecule is Cc1ccc(NCc2cnnn2C)cc1. The number of hydrogen-bond acceptors (Lipinski definition) is 3. The predicted octanol–water partition coefficient (Wildman–Crippen LogP) is 1.74. The van der Waals surface area contributed by atoms with E-state index < -0.39 is 0 Å². The Labute approximate surface area is 88.9 Å². The Kier molecular flexibility index (Phi) is 2.67. The molecule has 15 heavy (non-hydrogen) atoms. The maximum Gasteiger partial charge on any atom is 0.0774 e. The summed E-state index contributed by atoms with van der Waals surface area (Å²) in [5.74, 6) is 0. The van der Waals surface area contributed by atoms with Crippen LogP contribution in [0.3, 0.4) is 0 Å². The lowest BCUT2D eigenvalue weighted by Crippen LogP contribution is -2.05. The van der Waals surface area contributed by atoms with Gasteiger partial charge < -0.3 is 5.32 Å². The Morgan fingerprint density at radius 2 is 2.00 bits per heavy atom. The van der Waals surface area contributed by atoms with Crippen LogP contribution in [0.1, 0.15) is 11.3 Å². The van der Waals surface area contributed by atoms with Crippen molar-refractivity contribution in [2.24, 2.45) is 7.05 Å². The van der Waals surface area contributed by atoms with Gasteiger partial charge in [-0.2, -0.15) is 0 Å². The summed E-state index contributed by atoms with van der Waals surface area (Å²) in [5.41, 5.74) is 3.44. The topological polar surface area (TPSA) is 42.7 Å². The largest absolute Gasteiger partial charge is 0.379 e. The van der Waals surface area contributed by atoms with Gasteiger partial charge in [0.05, 0.1) is 18.4 Å². The number of aromatic nitrogens is 3. The Bertz CT molecular complexity index is 430. The average Bonchev–Trinajstić information content (AvgIpc) is 2.63. The highest BCUT2D eigenvalue weighted by Gasteiger charge is 1.98. The molecule has 0 saturated heterocycles. The molecule has 0 aliphatic rings. The lowest BCUT2D eigenvalue weighted by Gasteiger charge is -2.05. The number of benzene rings is 1. The van der Waals surface area contributed by atoms with E-state index in [9.17, 15) is 0 Å². The van der Waals surface area contributed by atoms with E-state index >= 15 is 0 Å². The summed E-state index contributed by atoms with van der Waals surface area (Å²) in [6.07, 6.45) is 1.77. The minimum absolute atomic E-state index is 0.743. The Hall–Kier alpha value is -1.84. The van der Waals surface area contributed by atoms with E-state index in [4.69, 9.17) is 0 Å². The zero-order valence-electron chi connectivity index (χ0n) is 8.94. The molecule has 0 aliphatic heterocycles. The Morgan fingerprint density at radius 1 is 1.27 bits per heavy atom. The van der Waals surface area contributed by atoms with Gasteiger partial charge in [0.25, 0.3) is 0 Å². The van der Waals surface area contributed by atoms with E-state index in [1.807, 2.05) is 7.05 Å². The fourth-order valence-corrected chi connectivity index (χ4v) is 1.34. The maximum absolute atomic E-state index is 3.87. The summed E-state index contributed by atoms with van der Waals surface area (Å²) in [6.45, 7) is 2.82. The summed E-state index contributed by atoms with van der Waals surface area (Å²) >= 11 is 0. The van der Waals surface area contributed by atoms with Crippen molar-refractivity contribution in [3.8, 4) is 0 Å². The Balaban J connectivity index is 1.99. The number of hydrogen-bond donors (Lipinski definition) is 1. The first-order chi connectivity index (χ1) is 7.25. The first kappa shape index (κ1) is 9.71. The van der Waals surface area contributed by atoms with E-state index in [0.717, 1.165) is 17.9 Å². The van der Waals surface area contributed by atoms with Gasteiger partial charge in [0.1, 0.15) is 0 Å². The van der Waals surface area contributed by atoms with Gasteiger partial charge in [0.2, 0.25) is 0 Å². The van der Waals surface area contributed by atoms with Crippen molar-refractivity contribution in [1.29, 1.82) is 0 Å². The molecule has 1 N–H and O–H groups in total. The minimum Gasteiger partial charge on any atom is -0.379 e. The summed E-state index contributed by atoms with van der Waals surface area (Å²) in [5, 5.41) is 11.0. The zero-order chi connectivity index (χ0) is 10.7. The molecule has 78 valence electrons. The average molecular weight is 202 g/mol. The van der Waals surface area contributed by atoms with Gasteiger partial charge in [-0.1, -0.05) is 22.9 Å². The first-order valence-corrected chi connectivity index (χ1v) is 4.90. The van der Waals surface area contributed by atoms with E-state index in [2.05, 4.69) is 46.8 Å². The lowest BCUT2D eigenvalue weighted by atomic mass is 10.2. The summed E-state index contributed by atoms with van der Waals surface area (Å²) < 4.78 is 1.77. The number of aryl methyl sites for hydroxylation is 2. The van der Waals surface area contributed by atoms with E-state index in [1.54, 1.807) is 10.9 Å². The second-order valence-corrected chi connectivity index (χ2v) is 3.57. The highest BCUT2D eigenvalue weighted by Crippen LogP contribution is 2.09. The lowest BCUT2D eigenvalue weighted by molar-refractivity contribution is 0.683. The van der Waals surface area contributed by atoms with Gasteiger partial charge in [0.15, 0.2) is 0 Å². The molecule has 0 unspecified atom stereocenters. The van der Waals surface area contributed by atoms with Crippen molar-refractivity contribution in [2.75, 3.05) is 5.32 Å². The summed E-state index contributed by atoms with van der Waals surface area (Å²) in [4.78, 5) is 0. The third-order valence-electron chi connectivity index (χ3n) is 2.33. The van der Waals surface area contributed by atoms with Gasteiger partial charge in [-0.05, 0) is 19.1 Å². The highest BCUT2D eigenvalue weighted by atomic mass is 15.4. The van der Waals surface area contributed by atoms with Crippen molar-refractivity contribution in [1.82, 2.24) is 15.0 Å². The zero-order valence-corrected chi connectivity index (χ0v) is 8.94. The van der Waals surface area contributed by atoms with E-state index in [1.165, 1.54) is 5.56 Å². The second kappa shape index (κ2) is 4.13. The molecule has 0 fully saturated rings. The maximum atomic E-state index is 3.87. The van der Waals surface area contributed by atoms with Crippen LogP contribution in [-0.4, -0.2) is 15.0 Å². The minimum atomic E-state index is 0.743. The van der Waals surface area contributed by atoms with Gasteiger partial charge in [0, 0.05) is 12.7 Å². The van der Waals surface area contributed by atoms with Crippen LogP contribution in [0.15, 0.2) is 30.5 Å². The molecule has 1 heterocycles. The molecular formula is C11H14N4. The molecule has 0 radical (unpaired) electrons. The van der Waals surface area contributed by atoms with Crippen LogP contribution in [0.4, 0.5) is 5.69 Å². The molecule has 2 aromatic rings. The van der Waals surface area contributed by atoms with Crippen LogP contribution in [-0.2, 0) is 13.6 Å². The van der Waals surface area contributed by atoms with E-state index in [-0.39, 0.29) is 0 Å². The van der Waals surface area contributed by atoms with Gasteiger partial charge in [-0.3, -0.25) is 4.68 Å². The molecule has 1 aromatic carbocycles. The predicted molar refractivity (Wildman–Crippen MR) is 59.5 cm³/mol. The van der Waals surface area contributed by atoms with Crippen molar-refractivity contribution >= 4 is 5.69 Å². The molecule has 1 aromatic heterocycles. The van der Waals surface area contributed by atoms with Crippen LogP contribution in [0.5, 0.6) is 0 Å². The van der Waals surface area contributed by atoms with Crippen LogP contribution < -0.4 is 5.32 Å². The van der Waals surface area contributed by atoms with Gasteiger partial charge in [-0.15, -0.1) is 5.10 Å². The van der Waals surface area contributed by atoms with Crippen LogP contribution in [0.25, 0.3) is 0 Å². The fraction of sp³-hybridized carbons (Fsp3) is 0.273. The number of anilines is 1. The molecule has 0 amide bonds. The quantitative estimate of drug-likeness (QED) is 0.824. The molecule has 4 heteroatoms. The molecule has 2 rings (SSSR count). The molecule has 0 atom stereocenters. The van der Waals surface area contributed by atoms with Crippen LogP contribution >= 0.6 is 0 Å². The van der Waals surface area contributed by atoms with Crippen LogP contribution in [0, 0.1) is 6.92 Å². The number of rotatable bonds is 3. The standard InChI is InChI=1S/C11H14N4/c1-9-3-5-10(6-4-9)12-7-11-8-13-14-15(11)2/h3-6,8,12H,7H2,1-2H3. The van der Waals surface area contributed by atoms with Crippen molar-refractivity contribution < 1.29 is 0 Å². The summed E-state index contributed by atoms with van der Waals surface area (Å²) in [7, 11) is 1.89. The van der Waals surface area contributed by atoms with Crippen molar-refractivity contribution in [3.63, 3.8) is 0 Å². The van der Waals surface area contributed by atoms with Crippen molar-refractivity contribution in [2.45, 2.75) is 13.5 Å². The first-order valence-electron chi connectivity index (χ1n) is 4.90. The second-order valence-electron chi connectivity index (χ2n) is 3.57. The smallest absolute Gasteiger partial charge is 0.0774 e. The van der Waals surface area contributed by atoms with Gasteiger partial charge in [-0.25, -0.2) is 0 Å². The molecule has 0 spiro atoms. The number of nitrogens with zero attached hydrogens (tertiary/aromatic N) is 3. The Morgan fingerprint density at radius 3 is 2.60 bits per heavy atom. The molecular weight excluding hydrogens is 188 g/mol. The normalized spacial score (nSPS) is 10.3. The van der Waals surface area contributed by atoms with E-state index in [0.29, 0.717) is 0 Å². The number of nitrogens with one attached hydrogen (secondary N) is 1. The molecule has 0 bridgehead atoms. The highest BCUT2D eigenvalue weighted by molar-refractivity contribution is 5.44. The molecule has 0 saturated carbocycles. The third-order valence-corrected chi connectivity index (χ3v) is 2.33. The van der Waals surface area contributed by atoms with Gasteiger partial charge >= 0.3 is 0 Å². The van der Waals surface area contributed by atoms with Crippen LogP contribution in [0.2, 0.25) is 0 Å². The molecule has 4 nitrogen and oxygen atoms in total.